The van der Waals surface area contributed by atoms with Crippen LogP contribution in [0.5, 0.6) is 11.5 Å². The van der Waals surface area contributed by atoms with Crippen molar-refractivity contribution in [1.29, 1.82) is 0 Å². The Bertz CT molecular complexity index is 1800. The third kappa shape index (κ3) is 5.38. The van der Waals surface area contributed by atoms with E-state index in [-0.39, 0.29) is 23.1 Å². The Balaban J connectivity index is 1.80. The van der Waals surface area contributed by atoms with E-state index in [4.69, 9.17) is 42.9 Å². The van der Waals surface area contributed by atoms with E-state index in [0.717, 1.165) is 0 Å². The van der Waals surface area contributed by atoms with Crippen molar-refractivity contribution in [3.8, 4) is 39.6 Å². The second-order valence-electron chi connectivity index (χ2n) is 10.5. The highest BCUT2D eigenvalue weighted by molar-refractivity contribution is 7.89. The van der Waals surface area contributed by atoms with Crippen LogP contribution in [0.3, 0.4) is 0 Å². The van der Waals surface area contributed by atoms with Gasteiger partial charge in [-0.3, -0.25) is 9.78 Å². The Labute approximate surface area is 247 Å². The number of carbonyl (C=O) groups is 1. The molecule has 41 heavy (non-hydrogen) atoms. The van der Waals surface area contributed by atoms with Crippen molar-refractivity contribution < 1.29 is 22.7 Å². The molecule has 0 radical (unpaired) electrons. The van der Waals surface area contributed by atoms with Crippen molar-refractivity contribution in [2.45, 2.75) is 37.8 Å². The van der Waals surface area contributed by atoms with Gasteiger partial charge in [0.1, 0.15) is 23.0 Å². The van der Waals surface area contributed by atoms with Gasteiger partial charge in [-0.25, -0.2) is 18.2 Å². The zero-order chi connectivity index (χ0) is 29.9. The van der Waals surface area contributed by atoms with E-state index in [0.29, 0.717) is 55.2 Å². The number of nitrogens with two attached hydrogens (primary N) is 1. The Morgan fingerprint density at radius 1 is 1.07 bits per heavy atom. The molecule has 2 aromatic carbocycles. The third-order valence-corrected chi connectivity index (χ3v) is 8.19. The van der Waals surface area contributed by atoms with E-state index in [2.05, 4.69) is 4.98 Å². The number of methoxy groups -OCH3 is 1. The van der Waals surface area contributed by atoms with E-state index in [1.165, 1.54) is 25.6 Å². The number of amides is 1. The molecule has 0 atom stereocenters. The molecule has 2 aromatic heterocycles. The van der Waals surface area contributed by atoms with Gasteiger partial charge in [0.15, 0.2) is 5.69 Å². The Morgan fingerprint density at radius 3 is 2.37 bits per heavy atom. The molecule has 1 aliphatic rings. The van der Waals surface area contributed by atoms with Crippen LogP contribution in [-0.4, -0.2) is 53.7 Å². The minimum Gasteiger partial charge on any atom is -0.496 e. The van der Waals surface area contributed by atoms with Gasteiger partial charge >= 0.3 is 0 Å². The number of aromatic nitrogens is 3. The average Bonchev–Trinajstić information content (AvgIpc) is 3.30. The highest BCUT2D eigenvalue weighted by atomic mass is 35.5. The van der Waals surface area contributed by atoms with Crippen molar-refractivity contribution >= 4 is 39.1 Å². The van der Waals surface area contributed by atoms with Crippen LogP contribution >= 0.6 is 23.2 Å². The van der Waals surface area contributed by atoms with Gasteiger partial charge < -0.3 is 14.4 Å². The second-order valence-corrected chi connectivity index (χ2v) is 13.0. The predicted octanol–water partition coefficient (Wildman–Crippen LogP) is 5.33. The number of benzene rings is 2. The number of fused-ring (bicyclic) bond motifs is 3. The molecule has 13 heteroatoms. The first-order valence-electron chi connectivity index (χ1n) is 12.4. The predicted molar refractivity (Wildman–Crippen MR) is 156 cm³/mol. The summed E-state index contributed by atoms with van der Waals surface area (Å²) in [5.41, 5.74) is 3.01. The molecule has 5 rings (SSSR count). The van der Waals surface area contributed by atoms with Crippen LogP contribution in [0.15, 0.2) is 53.7 Å². The van der Waals surface area contributed by atoms with E-state index in [9.17, 15) is 13.2 Å². The largest absolute Gasteiger partial charge is 0.496 e. The highest BCUT2D eigenvalue weighted by Crippen LogP contribution is 2.46. The minimum atomic E-state index is -4.01. The molecule has 1 aliphatic heterocycles. The van der Waals surface area contributed by atoms with Crippen molar-refractivity contribution in [2.75, 3.05) is 14.2 Å². The maximum absolute atomic E-state index is 13.7. The van der Waals surface area contributed by atoms with Gasteiger partial charge in [-0.15, -0.1) is 0 Å². The fourth-order valence-corrected chi connectivity index (χ4v) is 5.49. The Hall–Kier alpha value is -3.64. The molecule has 4 aromatic rings. The van der Waals surface area contributed by atoms with E-state index < -0.39 is 15.6 Å². The number of pyridine rings is 1. The highest BCUT2D eigenvalue weighted by Gasteiger charge is 2.35. The molecule has 10 nitrogen and oxygen atoms in total. The Morgan fingerprint density at radius 2 is 1.76 bits per heavy atom. The van der Waals surface area contributed by atoms with Crippen molar-refractivity contribution in [3.63, 3.8) is 0 Å². The lowest BCUT2D eigenvalue weighted by Gasteiger charge is -2.31. The molecule has 214 valence electrons. The summed E-state index contributed by atoms with van der Waals surface area (Å²) in [4.78, 5) is 19.3. The van der Waals surface area contributed by atoms with Gasteiger partial charge in [0, 0.05) is 63.3 Å². The van der Waals surface area contributed by atoms with Crippen LogP contribution in [0.25, 0.3) is 28.1 Å². The standard InChI is InChI=1S/C28H27Cl2N5O5S/c1-28(2,3)34(4)27(36)25-22-14-40-24-11-23(39-5)20(15-6-19(13-32-12-15)41(31,37)38)10-21(24)26(22)35(33-25)18-8-16(29)7-17(30)9-18/h6-13H,14H2,1-5H3,(H2,31,37,38). The van der Waals surface area contributed by atoms with Gasteiger partial charge in [-0.2, -0.15) is 5.10 Å². The molecule has 0 saturated carbocycles. The fraction of sp³-hybridized carbons (Fsp3) is 0.250. The molecule has 0 aliphatic carbocycles. The number of sulfonamides is 1. The Kier molecular flexibility index (Phi) is 7.27. The second kappa shape index (κ2) is 10.3. The van der Waals surface area contributed by atoms with E-state index in [1.807, 2.05) is 20.8 Å². The number of hydrogen-bond donors (Lipinski definition) is 1. The molecule has 0 bridgehead atoms. The number of halogens is 2. The molecular formula is C28H27Cl2N5O5S. The third-order valence-electron chi connectivity index (χ3n) is 6.87. The van der Waals surface area contributed by atoms with Crippen molar-refractivity contribution in [3.05, 3.63) is 70.1 Å². The lowest BCUT2D eigenvalue weighted by Crippen LogP contribution is -2.43. The number of ether oxygens (including phenoxy) is 2. The zero-order valence-electron chi connectivity index (χ0n) is 22.9. The van der Waals surface area contributed by atoms with Crippen LogP contribution in [0.1, 0.15) is 36.8 Å². The molecule has 2 N–H and O–H groups in total. The summed E-state index contributed by atoms with van der Waals surface area (Å²) in [6.07, 6.45) is 2.68. The topological polar surface area (TPSA) is 130 Å². The molecule has 1 amide bonds. The van der Waals surface area contributed by atoms with Gasteiger partial charge in [-0.1, -0.05) is 23.2 Å². The SMILES string of the molecule is COc1cc2c(cc1-c1cncc(S(N)(=O)=O)c1)-c1c(c(C(=O)N(C)C(C)(C)C)nn1-c1cc(Cl)cc(Cl)c1)CO2. The first-order chi connectivity index (χ1) is 19.2. The summed E-state index contributed by atoms with van der Waals surface area (Å²) in [7, 11) is -0.793. The molecule has 0 fully saturated rings. The molecule has 3 heterocycles. The monoisotopic (exact) mass is 615 g/mol. The maximum atomic E-state index is 13.7. The van der Waals surface area contributed by atoms with E-state index in [1.54, 1.807) is 47.0 Å². The van der Waals surface area contributed by atoms with Crippen LogP contribution in [0.4, 0.5) is 0 Å². The summed E-state index contributed by atoms with van der Waals surface area (Å²) in [5, 5.41) is 10.9. The number of primary sulfonamides is 1. The number of nitrogens with zero attached hydrogens (tertiary/aromatic N) is 4. The van der Waals surface area contributed by atoms with Crippen molar-refractivity contribution in [1.82, 2.24) is 19.7 Å². The number of rotatable bonds is 5. The van der Waals surface area contributed by atoms with Crippen molar-refractivity contribution in [2.24, 2.45) is 5.14 Å². The summed E-state index contributed by atoms with van der Waals surface area (Å²) >= 11 is 12.7. The van der Waals surface area contributed by atoms with Crippen LogP contribution in [0.2, 0.25) is 10.0 Å². The van der Waals surface area contributed by atoms with Crippen LogP contribution in [0, 0.1) is 0 Å². The maximum Gasteiger partial charge on any atom is 0.274 e. The van der Waals surface area contributed by atoms with Gasteiger partial charge in [0.2, 0.25) is 10.0 Å². The lowest BCUT2D eigenvalue weighted by molar-refractivity contribution is 0.0646. The summed E-state index contributed by atoms with van der Waals surface area (Å²) in [5.74, 6) is 0.610. The smallest absolute Gasteiger partial charge is 0.274 e. The minimum absolute atomic E-state index is 0.0701. The number of hydrogen-bond acceptors (Lipinski definition) is 7. The van der Waals surface area contributed by atoms with Crippen LogP contribution in [-0.2, 0) is 16.6 Å². The quantitative estimate of drug-likeness (QED) is 0.321. The zero-order valence-corrected chi connectivity index (χ0v) is 25.2. The molecule has 0 unspecified atom stereocenters. The summed E-state index contributed by atoms with van der Waals surface area (Å²) in [6, 6.07) is 9.89. The van der Waals surface area contributed by atoms with Gasteiger partial charge in [-0.05, 0) is 51.1 Å². The van der Waals surface area contributed by atoms with Crippen LogP contribution < -0.4 is 14.6 Å². The molecular weight excluding hydrogens is 589 g/mol. The lowest BCUT2D eigenvalue weighted by atomic mass is 9.96. The number of carbonyl (C=O) groups excluding carboxylic acids is 1. The summed E-state index contributed by atoms with van der Waals surface area (Å²) < 4.78 is 37.4. The van der Waals surface area contributed by atoms with E-state index >= 15 is 0 Å². The normalized spacial score (nSPS) is 12.8. The first kappa shape index (κ1) is 28.9. The fourth-order valence-electron chi connectivity index (χ4n) is 4.48. The molecule has 0 saturated heterocycles. The average molecular weight is 617 g/mol. The van der Waals surface area contributed by atoms with Gasteiger partial charge in [0.25, 0.3) is 5.91 Å². The summed E-state index contributed by atoms with van der Waals surface area (Å²) in [6.45, 7) is 5.86. The molecule has 0 spiro atoms. The van der Waals surface area contributed by atoms with Gasteiger partial charge in [0.05, 0.1) is 18.5 Å². The first-order valence-corrected chi connectivity index (χ1v) is 14.7.